The molecule has 0 aliphatic carbocycles. The van der Waals surface area contributed by atoms with Crippen LogP contribution in [0.15, 0.2) is 59.1 Å². The van der Waals surface area contributed by atoms with E-state index >= 15 is 0 Å². The molecule has 0 radical (unpaired) electrons. The second-order valence-electron chi connectivity index (χ2n) is 7.55. The summed E-state index contributed by atoms with van der Waals surface area (Å²) >= 11 is 0. The van der Waals surface area contributed by atoms with Gasteiger partial charge in [-0.15, -0.1) is 0 Å². The Morgan fingerprint density at radius 3 is 2.39 bits per heavy atom. The molecule has 172 valence electrons. The van der Waals surface area contributed by atoms with Crippen LogP contribution in [0.2, 0.25) is 0 Å². The smallest absolute Gasteiger partial charge is 0.238 e. The normalized spacial score (nSPS) is 11.5. The molecule has 0 saturated heterocycles. The van der Waals surface area contributed by atoms with Crippen molar-refractivity contribution in [3.05, 3.63) is 66.0 Å². The van der Waals surface area contributed by atoms with E-state index in [1.807, 2.05) is 25.1 Å². The third kappa shape index (κ3) is 5.40. The average molecular weight is 467 g/mol. The zero-order valence-electron chi connectivity index (χ0n) is 18.7. The molecular formula is C23H26N6O3S. The lowest BCUT2D eigenvalue weighted by atomic mass is 10.2. The number of benzene rings is 2. The van der Waals surface area contributed by atoms with Crippen molar-refractivity contribution in [3.63, 3.8) is 0 Å². The van der Waals surface area contributed by atoms with Gasteiger partial charge in [0.2, 0.25) is 16.0 Å². The SMILES string of the molecule is CCN(CC)c1cc(C)nc(Nc2ccc(NS(=O)(=O)Cc3noc4ccccc34)cc2)n1. The van der Waals surface area contributed by atoms with Crippen LogP contribution in [0.25, 0.3) is 11.0 Å². The number of anilines is 4. The van der Waals surface area contributed by atoms with E-state index in [-0.39, 0.29) is 5.75 Å². The van der Waals surface area contributed by atoms with Crippen LogP contribution < -0.4 is 14.9 Å². The van der Waals surface area contributed by atoms with Crippen molar-refractivity contribution >= 4 is 44.1 Å². The molecule has 0 aliphatic heterocycles. The number of nitrogens with zero attached hydrogens (tertiary/aromatic N) is 4. The number of sulfonamides is 1. The molecule has 9 nitrogen and oxygen atoms in total. The Bertz CT molecular complexity index is 1350. The molecule has 2 aromatic heterocycles. The number of aromatic nitrogens is 3. The molecule has 2 N–H and O–H groups in total. The Morgan fingerprint density at radius 1 is 0.970 bits per heavy atom. The second-order valence-corrected chi connectivity index (χ2v) is 9.27. The second kappa shape index (κ2) is 9.45. The van der Waals surface area contributed by atoms with Crippen LogP contribution in [-0.4, -0.2) is 36.6 Å². The Kier molecular flexibility index (Phi) is 6.45. The molecule has 0 atom stereocenters. The molecule has 0 aliphatic rings. The van der Waals surface area contributed by atoms with E-state index < -0.39 is 10.0 Å². The van der Waals surface area contributed by atoms with Crippen LogP contribution in [0.1, 0.15) is 25.2 Å². The Morgan fingerprint density at radius 2 is 1.67 bits per heavy atom. The summed E-state index contributed by atoms with van der Waals surface area (Å²) in [6, 6.07) is 16.0. The standard InChI is InChI=1S/C23H26N6O3S/c1-4-29(5-2)22-14-16(3)24-23(26-22)25-17-10-12-18(13-11-17)28-33(30,31)15-20-19-8-6-7-9-21(19)32-27-20/h6-14,28H,4-5,15H2,1-3H3,(H,24,25,26). The van der Waals surface area contributed by atoms with E-state index in [4.69, 9.17) is 4.52 Å². The van der Waals surface area contributed by atoms with E-state index in [9.17, 15) is 8.42 Å². The fourth-order valence-corrected chi connectivity index (χ4v) is 4.64. The lowest BCUT2D eigenvalue weighted by molar-refractivity contribution is 0.448. The lowest BCUT2D eigenvalue weighted by Gasteiger charge is -2.20. The largest absolute Gasteiger partial charge is 0.357 e. The number of rotatable bonds is 9. The molecule has 0 unspecified atom stereocenters. The zero-order valence-corrected chi connectivity index (χ0v) is 19.6. The van der Waals surface area contributed by atoms with Gasteiger partial charge < -0.3 is 14.7 Å². The Hall–Kier alpha value is -3.66. The summed E-state index contributed by atoms with van der Waals surface area (Å²) in [5.41, 5.74) is 2.98. The molecule has 0 amide bonds. The maximum Gasteiger partial charge on any atom is 0.238 e. The molecule has 2 aromatic carbocycles. The zero-order chi connectivity index (χ0) is 23.4. The Labute approximate surface area is 192 Å². The highest BCUT2D eigenvalue weighted by molar-refractivity contribution is 7.91. The summed E-state index contributed by atoms with van der Waals surface area (Å²) in [7, 11) is -3.67. The summed E-state index contributed by atoms with van der Waals surface area (Å²) in [6.07, 6.45) is 0. The number of hydrogen-bond donors (Lipinski definition) is 2. The third-order valence-corrected chi connectivity index (χ3v) is 6.32. The number of hydrogen-bond acceptors (Lipinski definition) is 8. The first-order chi connectivity index (χ1) is 15.9. The molecule has 0 fully saturated rings. The number of fused-ring (bicyclic) bond motifs is 1. The molecule has 0 bridgehead atoms. The molecule has 4 aromatic rings. The van der Waals surface area contributed by atoms with Gasteiger partial charge >= 0.3 is 0 Å². The monoisotopic (exact) mass is 466 g/mol. The minimum Gasteiger partial charge on any atom is -0.357 e. The maximum absolute atomic E-state index is 12.6. The highest BCUT2D eigenvalue weighted by Crippen LogP contribution is 2.23. The minimum atomic E-state index is -3.67. The highest BCUT2D eigenvalue weighted by Gasteiger charge is 2.17. The van der Waals surface area contributed by atoms with Crippen molar-refractivity contribution < 1.29 is 12.9 Å². The van der Waals surface area contributed by atoms with Crippen LogP contribution in [0.4, 0.5) is 23.1 Å². The van der Waals surface area contributed by atoms with Crippen LogP contribution in [0.3, 0.4) is 0 Å². The first kappa shape index (κ1) is 22.5. The van der Waals surface area contributed by atoms with Crippen molar-refractivity contribution in [3.8, 4) is 0 Å². The molecule has 33 heavy (non-hydrogen) atoms. The van der Waals surface area contributed by atoms with E-state index in [2.05, 4.69) is 43.9 Å². The molecular weight excluding hydrogens is 440 g/mol. The van der Waals surface area contributed by atoms with Crippen molar-refractivity contribution in [2.75, 3.05) is 28.0 Å². The van der Waals surface area contributed by atoms with E-state index in [1.165, 1.54) is 0 Å². The molecule has 0 saturated carbocycles. The van der Waals surface area contributed by atoms with Gasteiger partial charge in [0, 0.05) is 41.6 Å². The van der Waals surface area contributed by atoms with Gasteiger partial charge in [-0.1, -0.05) is 17.3 Å². The van der Waals surface area contributed by atoms with E-state index in [0.717, 1.165) is 30.3 Å². The topological polar surface area (TPSA) is 113 Å². The Balaban J connectivity index is 1.45. The third-order valence-electron chi connectivity index (χ3n) is 5.12. The summed E-state index contributed by atoms with van der Waals surface area (Å²) in [4.78, 5) is 11.2. The predicted octanol–water partition coefficient (Wildman–Crippen LogP) is 4.46. The fourth-order valence-electron chi connectivity index (χ4n) is 3.51. The number of nitrogens with one attached hydrogen (secondary N) is 2. The summed E-state index contributed by atoms with van der Waals surface area (Å²) in [5, 5.41) is 7.77. The van der Waals surface area contributed by atoms with Crippen molar-refractivity contribution in [2.24, 2.45) is 0 Å². The van der Waals surface area contributed by atoms with Crippen LogP contribution in [0, 0.1) is 6.92 Å². The van der Waals surface area contributed by atoms with E-state index in [1.54, 1.807) is 36.4 Å². The molecule has 10 heteroatoms. The van der Waals surface area contributed by atoms with Gasteiger partial charge in [-0.25, -0.2) is 13.4 Å². The summed E-state index contributed by atoms with van der Waals surface area (Å²) < 4.78 is 33.1. The lowest BCUT2D eigenvalue weighted by Crippen LogP contribution is -2.23. The van der Waals surface area contributed by atoms with Gasteiger partial charge in [0.25, 0.3) is 0 Å². The first-order valence-electron chi connectivity index (χ1n) is 10.7. The minimum absolute atomic E-state index is 0.282. The number of para-hydroxylation sites is 1. The maximum atomic E-state index is 12.6. The predicted molar refractivity (Wildman–Crippen MR) is 130 cm³/mol. The first-order valence-corrected chi connectivity index (χ1v) is 12.3. The molecule has 2 heterocycles. The quantitative estimate of drug-likeness (QED) is 0.372. The molecule has 0 spiro atoms. The van der Waals surface area contributed by atoms with Crippen LogP contribution in [-0.2, 0) is 15.8 Å². The summed E-state index contributed by atoms with van der Waals surface area (Å²) in [5.74, 6) is 1.07. The fraction of sp³-hybridized carbons (Fsp3) is 0.261. The summed E-state index contributed by atoms with van der Waals surface area (Å²) in [6.45, 7) is 7.80. The number of aryl methyl sites for hydroxylation is 1. The average Bonchev–Trinajstić information content (AvgIpc) is 3.18. The van der Waals surface area contributed by atoms with Gasteiger partial charge in [-0.3, -0.25) is 4.72 Å². The van der Waals surface area contributed by atoms with Crippen LogP contribution in [0.5, 0.6) is 0 Å². The van der Waals surface area contributed by atoms with Gasteiger partial charge in [-0.2, -0.15) is 4.98 Å². The van der Waals surface area contributed by atoms with Crippen molar-refractivity contribution in [1.29, 1.82) is 0 Å². The van der Waals surface area contributed by atoms with Crippen LogP contribution >= 0.6 is 0 Å². The van der Waals surface area contributed by atoms with Gasteiger partial charge in [0.1, 0.15) is 17.3 Å². The van der Waals surface area contributed by atoms with Gasteiger partial charge in [0.15, 0.2) is 5.58 Å². The van der Waals surface area contributed by atoms with Gasteiger partial charge in [0.05, 0.1) is 0 Å². The van der Waals surface area contributed by atoms with E-state index in [0.29, 0.717) is 28.3 Å². The molecule has 4 rings (SSSR count). The van der Waals surface area contributed by atoms with Crippen molar-refractivity contribution in [2.45, 2.75) is 26.5 Å². The van der Waals surface area contributed by atoms with Gasteiger partial charge in [-0.05, 0) is 57.2 Å². The highest BCUT2D eigenvalue weighted by atomic mass is 32.2. The van der Waals surface area contributed by atoms with Crippen molar-refractivity contribution in [1.82, 2.24) is 15.1 Å².